The highest BCUT2D eigenvalue weighted by Crippen LogP contribution is 2.39. The summed E-state index contributed by atoms with van der Waals surface area (Å²) in [6, 6.07) is 17.0. The Kier molecular flexibility index (Phi) is 4.64. The van der Waals surface area contributed by atoms with Gasteiger partial charge >= 0.3 is 0 Å². The molecule has 6 heteroatoms. The number of hydrogen-bond donors (Lipinski definition) is 1. The van der Waals surface area contributed by atoms with E-state index in [2.05, 4.69) is 10.3 Å². The SMILES string of the molecule is CC(=O)c1c(-c2ccc(C)c3ncccc23)csc1NC(=O)c1cc2ccccc2o1. The van der Waals surface area contributed by atoms with Crippen LogP contribution in [-0.2, 0) is 0 Å². The third-order valence-corrected chi connectivity index (χ3v) is 6.18. The van der Waals surface area contributed by atoms with E-state index in [1.54, 1.807) is 12.3 Å². The van der Waals surface area contributed by atoms with Crippen LogP contribution in [0.4, 0.5) is 5.00 Å². The van der Waals surface area contributed by atoms with E-state index < -0.39 is 0 Å². The maximum Gasteiger partial charge on any atom is 0.292 e. The smallest absolute Gasteiger partial charge is 0.292 e. The summed E-state index contributed by atoms with van der Waals surface area (Å²) in [4.78, 5) is 29.9. The Bertz CT molecular complexity index is 1450. The van der Waals surface area contributed by atoms with Crippen molar-refractivity contribution in [3.63, 3.8) is 0 Å². The minimum absolute atomic E-state index is 0.117. The summed E-state index contributed by atoms with van der Waals surface area (Å²) in [6.07, 6.45) is 1.76. The first-order valence-corrected chi connectivity index (χ1v) is 10.7. The van der Waals surface area contributed by atoms with Crippen LogP contribution in [0.5, 0.6) is 0 Å². The first kappa shape index (κ1) is 19.2. The number of furan rings is 1. The Balaban J connectivity index is 1.57. The first-order valence-electron chi connectivity index (χ1n) is 9.80. The van der Waals surface area contributed by atoms with Gasteiger partial charge in [-0.15, -0.1) is 11.3 Å². The number of nitrogens with one attached hydrogen (secondary N) is 1. The molecule has 5 nitrogen and oxygen atoms in total. The summed E-state index contributed by atoms with van der Waals surface area (Å²) in [7, 11) is 0. The Morgan fingerprint density at radius 3 is 2.68 bits per heavy atom. The lowest BCUT2D eigenvalue weighted by Gasteiger charge is -2.10. The molecule has 0 saturated carbocycles. The number of carbonyl (C=O) groups excluding carboxylic acids is 2. The molecule has 0 bridgehead atoms. The highest BCUT2D eigenvalue weighted by Gasteiger charge is 2.22. The zero-order valence-electron chi connectivity index (χ0n) is 16.9. The largest absolute Gasteiger partial charge is 0.451 e. The lowest BCUT2D eigenvalue weighted by Crippen LogP contribution is -2.12. The fourth-order valence-corrected chi connectivity index (χ4v) is 4.81. The Morgan fingerprint density at radius 1 is 1.03 bits per heavy atom. The topological polar surface area (TPSA) is 72.2 Å². The minimum Gasteiger partial charge on any atom is -0.451 e. The molecule has 0 saturated heterocycles. The number of aryl methyl sites for hydroxylation is 1. The highest BCUT2D eigenvalue weighted by atomic mass is 32.1. The molecule has 0 aliphatic carbocycles. The van der Waals surface area contributed by atoms with Crippen LogP contribution >= 0.6 is 11.3 Å². The summed E-state index contributed by atoms with van der Waals surface area (Å²) in [5.41, 5.74) is 4.80. The number of fused-ring (bicyclic) bond motifs is 2. The van der Waals surface area contributed by atoms with Gasteiger partial charge in [0.1, 0.15) is 10.6 Å². The number of ketones is 1. The maximum absolute atomic E-state index is 12.8. The molecule has 1 N–H and O–H groups in total. The van der Waals surface area contributed by atoms with Crippen molar-refractivity contribution in [2.24, 2.45) is 0 Å². The minimum atomic E-state index is -0.387. The molecule has 0 fully saturated rings. The molecular formula is C25H18N2O3S. The number of Topliss-reactive ketones (excluding diaryl/α,β-unsaturated/α-hetero) is 1. The zero-order valence-corrected chi connectivity index (χ0v) is 17.7. The van der Waals surface area contributed by atoms with Crippen molar-refractivity contribution in [2.75, 3.05) is 5.32 Å². The molecule has 0 atom stereocenters. The van der Waals surface area contributed by atoms with E-state index >= 15 is 0 Å². The van der Waals surface area contributed by atoms with Crippen molar-refractivity contribution >= 4 is 49.9 Å². The second-order valence-corrected chi connectivity index (χ2v) is 8.22. The van der Waals surface area contributed by atoms with Crippen LogP contribution in [0.1, 0.15) is 33.4 Å². The van der Waals surface area contributed by atoms with Crippen LogP contribution < -0.4 is 5.32 Å². The van der Waals surface area contributed by atoms with Gasteiger partial charge in [-0.2, -0.15) is 0 Å². The molecule has 2 aromatic carbocycles. The molecular weight excluding hydrogens is 408 g/mol. The number of anilines is 1. The number of nitrogens with zero attached hydrogens (tertiary/aromatic N) is 1. The molecule has 0 aliphatic rings. The second kappa shape index (κ2) is 7.49. The van der Waals surface area contributed by atoms with E-state index in [1.807, 2.05) is 60.8 Å². The molecule has 1 amide bonds. The maximum atomic E-state index is 12.8. The molecule has 0 aliphatic heterocycles. The van der Waals surface area contributed by atoms with Gasteiger partial charge in [0, 0.05) is 27.9 Å². The van der Waals surface area contributed by atoms with Gasteiger partial charge in [-0.3, -0.25) is 14.6 Å². The van der Waals surface area contributed by atoms with Gasteiger partial charge in [-0.25, -0.2) is 0 Å². The number of pyridine rings is 1. The lowest BCUT2D eigenvalue weighted by molar-refractivity contribution is 0.0999. The summed E-state index contributed by atoms with van der Waals surface area (Å²) in [6.45, 7) is 3.52. The predicted octanol–water partition coefficient (Wildman–Crippen LogP) is 6.47. The van der Waals surface area contributed by atoms with Gasteiger partial charge in [0.05, 0.1) is 11.1 Å². The van der Waals surface area contributed by atoms with Crippen LogP contribution in [-0.4, -0.2) is 16.7 Å². The Hall–Kier alpha value is -3.77. The van der Waals surface area contributed by atoms with Crippen LogP contribution in [0.25, 0.3) is 33.0 Å². The van der Waals surface area contributed by atoms with Crippen LogP contribution in [0.2, 0.25) is 0 Å². The molecule has 0 radical (unpaired) electrons. The monoisotopic (exact) mass is 426 g/mol. The van der Waals surface area contributed by atoms with Gasteiger partial charge < -0.3 is 9.73 Å². The number of aromatic nitrogens is 1. The van der Waals surface area contributed by atoms with Crippen molar-refractivity contribution in [1.29, 1.82) is 0 Å². The molecule has 5 aromatic rings. The van der Waals surface area contributed by atoms with E-state index in [0.717, 1.165) is 33.0 Å². The van der Waals surface area contributed by atoms with Gasteiger partial charge in [0.2, 0.25) is 0 Å². The molecule has 31 heavy (non-hydrogen) atoms. The number of carbonyl (C=O) groups is 2. The van der Waals surface area contributed by atoms with E-state index in [-0.39, 0.29) is 17.5 Å². The van der Waals surface area contributed by atoms with E-state index in [4.69, 9.17) is 4.42 Å². The van der Waals surface area contributed by atoms with Crippen LogP contribution in [0.3, 0.4) is 0 Å². The fraction of sp³-hybridized carbons (Fsp3) is 0.0800. The molecule has 5 rings (SSSR count). The zero-order chi connectivity index (χ0) is 21.5. The number of benzene rings is 2. The third kappa shape index (κ3) is 3.31. The van der Waals surface area contributed by atoms with Crippen molar-refractivity contribution in [3.05, 3.63) is 83.1 Å². The van der Waals surface area contributed by atoms with Gasteiger partial charge in [0.15, 0.2) is 11.5 Å². The van der Waals surface area contributed by atoms with Gasteiger partial charge in [0.25, 0.3) is 5.91 Å². The van der Waals surface area contributed by atoms with Crippen LogP contribution in [0, 0.1) is 6.92 Å². The number of rotatable bonds is 4. The van der Waals surface area contributed by atoms with Crippen molar-refractivity contribution < 1.29 is 14.0 Å². The normalized spacial score (nSPS) is 11.2. The summed E-state index contributed by atoms with van der Waals surface area (Å²) in [5.74, 6) is -0.299. The number of amides is 1. The quantitative estimate of drug-likeness (QED) is 0.334. The van der Waals surface area contributed by atoms with Gasteiger partial charge in [-0.05, 0) is 43.2 Å². The van der Waals surface area contributed by atoms with Crippen molar-refractivity contribution in [2.45, 2.75) is 13.8 Å². The van der Waals surface area contributed by atoms with E-state index in [9.17, 15) is 9.59 Å². The number of thiophene rings is 1. The lowest BCUT2D eigenvalue weighted by atomic mass is 9.96. The summed E-state index contributed by atoms with van der Waals surface area (Å²) < 4.78 is 5.66. The molecule has 0 spiro atoms. The van der Waals surface area contributed by atoms with Crippen molar-refractivity contribution in [1.82, 2.24) is 4.98 Å². The first-order chi connectivity index (χ1) is 15.0. The molecule has 3 heterocycles. The Morgan fingerprint density at radius 2 is 1.87 bits per heavy atom. The van der Waals surface area contributed by atoms with E-state index in [0.29, 0.717) is 16.1 Å². The third-order valence-electron chi connectivity index (χ3n) is 5.28. The van der Waals surface area contributed by atoms with E-state index in [1.165, 1.54) is 18.3 Å². The average Bonchev–Trinajstić information content (AvgIpc) is 3.38. The average molecular weight is 426 g/mol. The molecule has 3 aromatic heterocycles. The number of para-hydroxylation sites is 1. The number of hydrogen-bond acceptors (Lipinski definition) is 5. The fourth-order valence-electron chi connectivity index (χ4n) is 3.80. The Labute approximate surface area is 182 Å². The second-order valence-electron chi connectivity index (χ2n) is 7.34. The standard InChI is InChI=1S/C25H18N2O3S/c1-14-9-10-17(18-7-5-11-26-23(14)18)19-13-31-25(22(19)15(2)28)27-24(29)21-12-16-6-3-4-8-20(16)30-21/h3-13H,1-2H3,(H,27,29). The highest BCUT2D eigenvalue weighted by molar-refractivity contribution is 7.15. The van der Waals surface area contributed by atoms with Crippen molar-refractivity contribution in [3.8, 4) is 11.1 Å². The van der Waals surface area contributed by atoms with Crippen LogP contribution in [0.15, 0.2) is 70.6 Å². The predicted molar refractivity (Wildman–Crippen MR) is 124 cm³/mol. The summed E-state index contributed by atoms with van der Waals surface area (Å²) in [5, 5.41) is 7.10. The summed E-state index contributed by atoms with van der Waals surface area (Å²) >= 11 is 1.33. The molecule has 0 unspecified atom stereocenters. The van der Waals surface area contributed by atoms with Gasteiger partial charge in [-0.1, -0.05) is 36.4 Å². The molecule has 152 valence electrons.